The second kappa shape index (κ2) is 4.22. The third-order valence-corrected chi connectivity index (χ3v) is 3.85. The molecule has 2 rings (SSSR count). The van der Waals surface area contributed by atoms with E-state index in [1.54, 1.807) is 7.11 Å². The fourth-order valence-corrected chi connectivity index (χ4v) is 2.47. The largest absolute Gasteiger partial charge is 0.378 e. The van der Waals surface area contributed by atoms with Crippen LogP contribution in [-0.2, 0) is 23.5 Å². The minimum absolute atomic E-state index is 0.0321. The van der Waals surface area contributed by atoms with Gasteiger partial charge in [-0.05, 0) is 19.3 Å². The number of hydrogen-bond acceptors (Lipinski definition) is 3. The maximum absolute atomic E-state index is 5.58. The van der Waals surface area contributed by atoms with Gasteiger partial charge in [0, 0.05) is 20.6 Å². The molecule has 0 aromatic carbocycles. The fourth-order valence-electron chi connectivity index (χ4n) is 1.98. The zero-order chi connectivity index (χ0) is 10.9. The van der Waals surface area contributed by atoms with Crippen LogP contribution in [0.5, 0.6) is 0 Å². The Balaban J connectivity index is 2.13. The molecule has 0 N–H and O–H groups in total. The van der Waals surface area contributed by atoms with Crippen molar-refractivity contribution in [1.82, 2.24) is 14.8 Å². The molecule has 1 heterocycles. The van der Waals surface area contributed by atoms with Crippen molar-refractivity contribution in [3.05, 3.63) is 11.6 Å². The summed E-state index contributed by atoms with van der Waals surface area (Å²) in [5, 5.41) is 9.07. The Bertz CT molecular complexity index is 341. The topological polar surface area (TPSA) is 39.9 Å². The maximum Gasteiger partial charge on any atom is 0.143 e. The molecule has 0 unspecified atom stereocenters. The lowest BCUT2D eigenvalue weighted by Crippen LogP contribution is -2.42. The van der Waals surface area contributed by atoms with Crippen LogP contribution in [0.4, 0.5) is 0 Å². The lowest BCUT2D eigenvalue weighted by Gasteiger charge is -2.40. The van der Waals surface area contributed by atoms with Crippen molar-refractivity contribution in [3.8, 4) is 0 Å². The van der Waals surface area contributed by atoms with Gasteiger partial charge in [-0.2, -0.15) is 0 Å². The molecule has 1 aliphatic carbocycles. The molecule has 0 aliphatic heterocycles. The number of methoxy groups -OCH3 is 1. The van der Waals surface area contributed by atoms with Gasteiger partial charge in [-0.1, -0.05) is 15.9 Å². The molecular weight excluding hydrogens is 258 g/mol. The van der Waals surface area contributed by atoms with Crippen molar-refractivity contribution in [2.24, 2.45) is 7.05 Å². The quantitative estimate of drug-likeness (QED) is 0.786. The molecule has 5 heteroatoms. The summed E-state index contributed by atoms with van der Waals surface area (Å²) in [6, 6.07) is 0. The molecule has 0 saturated heterocycles. The summed E-state index contributed by atoms with van der Waals surface area (Å²) in [7, 11) is 3.80. The normalized spacial score (nSPS) is 18.9. The van der Waals surface area contributed by atoms with Gasteiger partial charge in [0.15, 0.2) is 0 Å². The van der Waals surface area contributed by atoms with Crippen molar-refractivity contribution >= 4 is 15.9 Å². The number of alkyl halides is 1. The van der Waals surface area contributed by atoms with Gasteiger partial charge in [0.25, 0.3) is 0 Å². The highest BCUT2D eigenvalue weighted by Crippen LogP contribution is 2.37. The molecule has 4 nitrogen and oxygen atoms in total. The average Bonchev–Trinajstić information content (AvgIpc) is 2.53. The molecule has 0 amide bonds. The summed E-state index contributed by atoms with van der Waals surface area (Å²) in [5.41, 5.74) is 0.0321. The fraction of sp³-hybridized carbons (Fsp3) is 0.800. The predicted molar refractivity (Wildman–Crippen MR) is 60.9 cm³/mol. The first-order valence-corrected chi connectivity index (χ1v) is 6.31. The molecule has 1 aliphatic rings. The minimum Gasteiger partial charge on any atom is -0.378 e. The number of aromatic nitrogens is 3. The average molecular weight is 274 g/mol. The molecule has 84 valence electrons. The van der Waals surface area contributed by atoms with Gasteiger partial charge in [0.1, 0.15) is 11.6 Å². The van der Waals surface area contributed by atoms with E-state index in [2.05, 4.69) is 26.1 Å². The van der Waals surface area contributed by atoms with Crippen LogP contribution in [0.3, 0.4) is 0 Å². The number of rotatable bonds is 4. The van der Waals surface area contributed by atoms with E-state index in [1.807, 2.05) is 11.6 Å². The molecule has 0 radical (unpaired) electrons. The van der Waals surface area contributed by atoms with Crippen LogP contribution in [0.25, 0.3) is 0 Å². The van der Waals surface area contributed by atoms with Crippen LogP contribution in [0.1, 0.15) is 30.9 Å². The molecule has 0 bridgehead atoms. The van der Waals surface area contributed by atoms with Crippen molar-refractivity contribution in [2.45, 2.75) is 36.6 Å². The summed E-state index contributed by atoms with van der Waals surface area (Å²) in [5.74, 6) is 1.99. The maximum atomic E-state index is 5.58. The Labute approximate surface area is 98.2 Å². The summed E-state index contributed by atoms with van der Waals surface area (Å²) in [6.45, 7) is 0. The van der Waals surface area contributed by atoms with Crippen LogP contribution < -0.4 is 0 Å². The monoisotopic (exact) mass is 273 g/mol. The van der Waals surface area contributed by atoms with E-state index in [1.165, 1.54) is 6.42 Å². The number of hydrogen-bond donors (Lipinski definition) is 0. The van der Waals surface area contributed by atoms with Crippen molar-refractivity contribution in [2.75, 3.05) is 7.11 Å². The Morgan fingerprint density at radius 1 is 1.40 bits per heavy atom. The van der Waals surface area contributed by atoms with Gasteiger partial charge < -0.3 is 9.30 Å². The lowest BCUT2D eigenvalue weighted by atomic mass is 9.77. The van der Waals surface area contributed by atoms with E-state index in [-0.39, 0.29) is 5.60 Å². The van der Waals surface area contributed by atoms with Crippen LogP contribution >= 0.6 is 15.9 Å². The van der Waals surface area contributed by atoms with E-state index < -0.39 is 0 Å². The van der Waals surface area contributed by atoms with Gasteiger partial charge in [0.05, 0.1) is 10.9 Å². The van der Waals surface area contributed by atoms with E-state index in [4.69, 9.17) is 4.74 Å². The number of ether oxygens (including phenoxy) is 1. The Morgan fingerprint density at radius 2 is 2.07 bits per heavy atom. The summed E-state index contributed by atoms with van der Waals surface area (Å²) in [6.07, 6.45) is 4.41. The summed E-state index contributed by atoms with van der Waals surface area (Å²) in [4.78, 5) is 0. The summed E-state index contributed by atoms with van der Waals surface area (Å²) >= 11 is 3.39. The molecular formula is C10H16BrN3O. The number of nitrogens with zero attached hydrogens (tertiary/aromatic N) is 3. The molecule has 0 spiro atoms. The molecule has 15 heavy (non-hydrogen) atoms. The van der Waals surface area contributed by atoms with Gasteiger partial charge in [-0.25, -0.2) is 0 Å². The first-order chi connectivity index (χ1) is 7.21. The molecule has 1 fully saturated rings. The van der Waals surface area contributed by atoms with Crippen molar-refractivity contribution in [3.63, 3.8) is 0 Å². The Hall–Kier alpha value is -0.420. The predicted octanol–water partition coefficient (Wildman–Crippen LogP) is 1.82. The SMILES string of the molecule is COC1(Cc2nnc(CBr)n2C)CCC1. The third kappa shape index (κ3) is 1.95. The van der Waals surface area contributed by atoms with E-state index in [0.717, 1.165) is 36.2 Å². The van der Waals surface area contributed by atoms with Gasteiger partial charge in [0.2, 0.25) is 0 Å². The standard InChI is InChI=1S/C10H16BrN3O/c1-14-8(12-13-9(14)7-11)6-10(15-2)4-3-5-10/h3-7H2,1-2H3. The molecule has 1 aromatic rings. The van der Waals surface area contributed by atoms with Crippen molar-refractivity contribution in [1.29, 1.82) is 0 Å². The third-order valence-electron chi connectivity index (χ3n) is 3.35. The van der Waals surface area contributed by atoms with E-state index in [9.17, 15) is 0 Å². The second-order valence-electron chi connectivity index (χ2n) is 4.14. The van der Waals surface area contributed by atoms with Gasteiger partial charge in [-0.15, -0.1) is 10.2 Å². The van der Waals surface area contributed by atoms with Crippen LogP contribution in [0.15, 0.2) is 0 Å². The highest BCUT2D eigenvalue weighted by atomic mass is 79.9. The van der Waals surface area contributed by atoms with Crippen molar-refractivity contribution < 1.29 is 4.74 Å². The first-order valence-electron chi connectivity index (χ1n) is 5.19. The van der Waals surface area contributed by atoms with Crippen LogP contribution in [0, 0.1) is 0 Å². The highest BCUT2D eigenvalue weighted by molar-refractivity contribution is 9.08. The lowest BCUT2D eigenvalue weighted by molar-refractivity contribution is -0.0725. The van der Waals surface area contributed by atoms with Crippen LogP contribution in [0.2, 0.25) is 0 Å². The summed E-state index contributed by atoms with van der Waals surface area (Å²) < 4.78 is 7.63. The smallest absolute Gasteiger partial charge is 0.143 e. The van der Waals surface area contributed by atoms with Gasteiger partial charge >= 0.3 is 0 Å². The first kappa shape index (κ1) is 11.1. The zero-order valence-electron chi connectivity index (χ0n) is 9.16. The minimum atomic E-state index is 0.0321. The molecule has 0 atom stereocenters. The van der Waals surface area contributed by atoms with E-state index in [0.29, 0.717) is 0 Å². The van der Waals surface area contributed by atoms with Gasteiger partial charge in [-0.3, -0.25) is 0 Å². The Kier molecular flexibility index (Phi) is 3.11. The molecule has 1 saturated carbocycles. The van der Waals surface area contributed by atoms with E-state index >= 15 is 0 Å². The second-order valence-corrected chi connectivity index (χ2v) is 4.70. The van der Waals surface area contributed by atoms with Crippen LogP contribution in [-0.4, -0.2) is 27.5 Å². The Morgan fingerprint density at radius 3 is 2.47 bits per heavy atom. The zero-order valence-corrected chi connectivity index (χ0v) is 10.7. The number of halogens is 1. The highest BCUT2D eigenvalue weighted by Gasteiger charge is 2.38. The molecule has 1 aromatic heterocycles.